The van der Waals surface area contributed by atoms with E-state index in [4.69, 9.17) is 9.63 Å². The Morgan fingerprint density at radius 1 is 1.35 bits per heavy atom. The highest BCUT2D eigenvalue weighted by Gasteiger charge is 2.30. The van der Waals surface area contributed by atoms with Crippen LogP contribution in [0.3, 0.4) is 0 Å². The van der Waals surface area contributed by atoms with Gasteiger partial charge in [-0.05, 0) is 24.0 Å². The van der Waals surface area contributed by atoms with Gasteiger partial charge < -0.3 is 9.63 Å². The highest BCUT2D eigenvalue weighted by atomic mass is 16.5. The first-order chi connectivity index (χ1) is 8.38. The van der Waals surface area contributed by atoms with Gasteiger partial charge in [-0.25, -0.2) is 0 Å². The standard InChI is InChI=1S/C13H14N2O2/c16-7-3-6-12-14-13(15-17-12)11-8-9-4-1-2-5-10(9)11/h1-2,4-5,11,16H,3,6-8H2. The highest BCUT2D eigenvalue weighted by Crippen LogP contribution is 2.38. The lowest BCUT2D eigenvalue weighted by Crippen LogP contribution is -2.19. The fourth-order valence-electron chi connectivity index (χ4n) is 2.23. The number of aryl methyl sites for hydroxylation is 1. The molecule has 88 valence electrons. The molecule has 1 aromatic heterocycles. The molecule has 0 saturated heterocycles. The number of aliphatic hydroxyl groups excluding tert-OH is 1. The van der Waals surface area contributed by atoms with E-state index in [1.165, 1.54) is 11.1 Å². The molecule has 1 unspecified atom stereocenters. The molecule has 0 amide bonds. The summed E-state index contributed by atoms with van der Waals surface area (Å²) in [6, 6.07) is 8.35. The zero-order chi connectivity index (χ0) is 11.7. The van der Waals surface area contributed by atoms with Gasteiger partial charge in [0, 0.05) is 13.0 Å². The number of hydrogen-bond donors (Lipinski definition) is 1. The van der Waals surface area contributed by atoms with Gasteiger partial charge in [0.1, 0.15) is 0 Å². The van der Waals surface area contributed by atoms with Crippen molar-refractivity contribution in [2.75, 3.05) is 6.61 Å². The van der Waals surface area contributed by atoms with E-state index >= 15 is 0 Å². The average Bonchev–Trinajstić information content (AvgIpc) is 2.76. The zero-order valence-electron chi connectivity index (χ0n) is 9.47. The molecule has 0 saturated carbocycles. The maximum absolute atomic E-state index is 8.74. The maximum atomic E-state index is 8.74. The van der Waals surface area contributed by atoms with Crippen LogP contribution < -0.4 is 0 Å². The maximum Gasteiger partial charge on any atom is 0.226 e. The summed E-state index contributed by atoms with van der Waals surface area (Å²) in [5, 5.41) is 12.8. The Hall–Kier alpha value is -1.68. The fraction of sp³-hybridized carbons (Fsp3) is 0.385. The molecule has 1 heterocycles. The third-order valence-electron chi connectivity index (χ3n) is 3.20. The van der Waals surface area contributed by atoms with Crippen LogP contribution in [0, 0.1) is 0 Å². The van der Waals surface area contributed by atoms with E-state index in [0.29, 0.717) is 18.7 Å². The zero-order valence-corrected chi connectivity index (χ0v) is 9.47. The second kappa shape index (κ2) is 4.30. The number of aromatic nitrogens is 2. The van der Waals surface area contributed by atoms with Crippen LogP contribution in [0.5, 0.6) is 0 Å². The van der Waals surface area contributed by atoms with Crippen molar-refractivity contribution in [2.24, 2.45) is 0 Å². The van der Waals surface area contributed by atoms with Crippen molar-refractivity contribution in [1.82, 2.24) is 10.1 Å². The highest BCUT2D eigenvalue weighted by molar-refractivity contribution is 5.43. The van der Waals surface area contributed by atoms with Gasteiger partial charge in [0.2, 0.25) is 5.89 Å². The molecule has 2 aromatic rings. The van der Waals surface area contributed by atoms with Crippen molar-refractivity contribution in [2.45, 2.75) is 25.2 Å². The number of nitrogens with zero attached hydrogens (tertiary/aromatic N) is 2. The summed E-state index contributed by atoms with van der Waals surface area (Å²) in [6.45, 7) is 0.157. The van der Waals surface area contributed by atoms with E-state index in [2.05, 4.69) is 28.3 Å². The fourth-order valence-corrected chi connectivity index (χ4v) is 2.23. The van der Waals surface area contributed by atoms with E-state index in [9.17, 15) is 0 Å². The lowest BCUT2D eigenvalue weighted by molar-refractivity contribution is 0.278. The van der Waals surface area contributed by atoms with E-state index in [0.717, 1.165) is 12.2 Å². The quantitative estimate of drug-likeness (QED) is 0.868. The smallest absolute Gasteiger partial charge is 0.226 e. The van der Waals surface area contributed by atoms with E-state index in [-0.39, 0.29) is 12.5 Å². The van der Waals surface area contributed by atoms with Crippen LogP contribution in [0.4, 0.5) is 0 Å². The lowest BCUT2D eigenvalue weighted by atomic mass is 9.77. The minimum atomic E-state index is 0.157. The summed E-state index contributed by atoms with van der Waals surface area (Å²) in [4.78, 5) is 4.38. The van der Waals surface area contributed by atoms with Gasteiger partial charge >= 0.3 is 0 Å². The van der Waals surface area contributed by atoms with Crippen LogP contribution in [0.15, 0.2) is 28.8 Å². The molecule has 0 fully saturated rings. The first-order valence-corrected chi connectivity index (χ1v) is 5.89. The SMILES string of the molecule is OCCCc1nc(C2Cc3ccccc32)no1. The van der Waals surface area contributed by atoms with Crippen LogP contribution in [-0.2, 0) is 12.8 Å². The summed E-state index contributed by atoms with van der Waals surface area (Å²) >= 11 is 0. The number of hydrogen-bond acceptors (Lipinski definition) is 4. The van der Waals surface area contributed by atoms with Gasteiger partial charge in [0.25, 0.3) is 0 Å². The van der Waals surface area contributed by atoms with Gasteiger partial charge in [0.05, 0.1) is 5.92 Å². The lowest BCUT2D eigenvalue weighted by Gasteiger charge is -2.27. The molecule has 4 heteroatoms. The summed E-state index contributed by atoms with van der Waals surface area (Å²) in [5.74, 6) is 1.69. The summed E-state index contributed by atoms with van der Waals surface area (Å²) in [7, 11) is 0. The van der Waals surface area contributed by atoms with Crippen molar-refractivity contribution in [3.63, 3.8) is 0 Å². The molecular weight excluding hydrogens is 216 g/mol. The molecule has 0 bridgehead atoms. The van der Waals surface area contributed by atoms with Crippen molar-refractivity contribution >= 4 is 0 Å². The van der Waals surface area contributed by atoms with E-state index in [1.807, 2.05) is 6.07 Å². The van der Waals surface area contributed by atoms with Crippen LogP contribution >= 0.6 is 0 Å². The predicted octanol–water partition coefficient (Wildman–Crippen LogP) is 1.68. The second-order valence-corrected chi connectivity index (χ2v) is 4.33. The number of fused-ring (bicyclic) bond motifs is 1. The first-order valence-electron chi connectivity index (χ1n) is 5.89. The molecule has 1 aromatic carbocycles. The molecule has 0 aliphatic heterocycles. The first kappa shape index (κ1) is 10.5. The van der Waals surface area contributed by atoms with Gasteiger partial charge in [0.15, 0.2) is 5.82 Å². The molecule has 1 aliphatic carbocycles. The Morgan fingerprint density at radius 2 is 2.24 bits per heavy atom. The Balaban J connectivity index is 1.76. The third kappa shape index (κ3) is 1.85. The van der Waals surface area contributed by atoms with Crippen molar-refractivity contribution in [1.29, 1.82) is 0 Å². The summed E-state index contributed by atoms with van der Waals surface area (Å²) < 4.78 is 5.17. The van der Waals surface area contributed by atoms with E-state index < -0.39 is 0 Å². The molecule has 1 atom stereocenters. The third-order valence-corrected chi connectivity index (χ3v) is 3.20. The molecular formula is C13H14N2O2. The van der Waals surface area contributed by atoms with Crippen LogP contribution in [0.25, 0.3) is 0 Å². The van der Waals surface area contributed by atoms with Gasteiger partial charge in [-0.3, -0.25) is 0 Å². The number of rotatable bonds is 4. The van der Waals surface area contributed by atoms with Crippen LogP contribution in [0.1, 0.15) is 35.2 Å². The Labute approximate surface area is 99.3 Å². The minimum absolute atomic E-state index is 0.157. The molecule has 3 rings (SSSR count). The van der Waals surface area contributed by atoms with Gasteiger partial charge in [-0.2, -0.15) is 4.98 Å². The van der Waals surface area contributed by atoms with Crippen LogP contribution in [0.2, 0.25) is 0 Å². The van der Waals surface area contributed by atoms with Gasteiger partial charge in [-0.1, -0.05) is 29.4 Å². The monoisotopic (exact) mass is 230 g/mol. The summed E-state index contributed by atoms with van der Waals surface area (Å²) in [5.41, 5.74) is 2.68. The average molecular weight is 230 g/mol. The van der Waals surface area contributed by atoms with Crippen molar-refractivity contribution < 1.29 is 9.63 Å². The topological polar surface area (TPSA) is 59.2 Å². The van der Waals surface area contributed by atoms with Crippen molar-refractivity contribution in [3.05, 3.63) is 47.1 Å². The molecule has 17 heavy (non-hydrogen) atoms. The molecule has 1 N–H and O–H groups in total. The van der Waals surface area contributed by atoms with Gasteiger partial charge in [-0.15, -0.1) is 0 Å². The summed E-state index contributed by atoms with van der Waals surface area (Å²) in [6.07, 6.45) is 2.32. The van der Waals surface area contributed by atoms with Crippen LogP contribution in [-0.4, -0.2) is 21.9 Å². The molecule has 4 nitrogen and oxygen atoms in total. The van der Waals surface area contributed by atoms with E-state index in [1.54, 1.807) is 0 Å². The normalized spacial score (nSPS) is 17.6. The molecule has 0 radical (unpaired) electrons. The largest absolute Gasteiger partial charge is 0.396 e. The predicted molar refractivity (Wildman–Crippen MR) is 61.7 cm³/mol. The van der Waals surface area contributed by atoms with Crippen molar-refractivity contribution in [3.8, 4) is 0 Å². The Morgan fingerprint density at radius 3 is 3.06 bits per heavy atom. The molecule has 0 spiro atoms. The Kier molecular flexibility index (Phi) is 2.65. The number of benzene rings is 1. The second-order valence-electron chi connectivity index (χ2n) is 4.33. The number of aliphatic hydroxyl groups is 1. The minimum Gasteiger partial charge on any atom is -0.396 e. The molecule has 1 aliphatic rings. The Bertz CT molecular complexity index is 522.